The monoisotopic (exact) mass is 296 g/mol. The SMILES string of the molecule is CCC(CNC(=O)CCCNC(=O)c1ccco1)C(=O)O. The molecule has 116 valence electrons. The maximum atomic E-state index is 11.5. The number of furan rings is 1. The molecule has 0 aliphatic heterocycles. The second-order valence-electron chi connectivity index (χ2n) is 4.58. The van der Waals surface area contributed by atoms with Crippen LogP contribution in [0.1, 0.15) is 36.7 Å². The number of nitrogens with one attached hydrogen (secondary N) is 2. The van der Waals surface area contributed by atoms with E-state index in [9.17, 15) is 14.4 Å². The summed E-state index contributed by atoms with van der Waals surface area (Å²) in [5, 5.41) is 14.1. The van der Waals surface area contributed by atoms with E-state index in [4.69, 9.17) is 9.52 Å². The molecular formula is C14H20N2O5. The summed E-state index contributed by atoms with van der Waals surface area (Å²) in [7, 11) is 0. The predicted octanol–water partition coefficient (Wildman–Crippen LogP) is 1.02. The molecule has 0 aliphatic carbocycles. The summed E-state index contributed by atoms with van der Waals surface area (Å²) in [5.41, 5.74) is 0. The molecule has 7 nitrogen and oxygen atoms in total. The van der Waals surface area contributed by atoms with Crippen LogP contribution in [-0.2, 0) is 9.59 Å². The van der Waals surface area contributed by atoms with E-state index in [-0.39, 0.29) is 30.5 Å². The number of carboxylic acid groups (broad SMARTS) is 1. The molecule has 0 bridgehead atoms. The molecule has 0 saturated carbocycles. The molecule has 1 heterocycles. The lowest BCUT2D eigenvalue weighted by Crippen LogP contribution is -2.33. The summed E-state index contributed by atoms with van der Waals surface area (Å²) in [6.07, 6.45) is 2.58. The lowest BCUT2D eigenvalue weighted by molar-refractivity contribution is -0.141. The Morgan fingerprint density at radius 3 is 2.67 bits per heavy atom. The van der Waals surface area contributed by atoms with Gasteiger partial charge >= 0.3 is 5.97 Å². The molecule has 1 rings (SSSR count). The summed E-state index contributed by atoms with van der Waals surface area (Å²) in [4.78, 5) is 33.8. The minimum absolute atomic E-state index is 0.128. The van der Waals surface area contributed by atoms with Crippen molar-refractivity contribution in [3.63, 3.8) is 0 Å². The maximum absolute atomic E-state index is 11.5. The Morgan fingerprint density at radius 2 is 2.10 bits per heavy atom. The predicted molar refractivity (Wildman–Crippen MR) is 74.7 cm³/mol. The first-order valence-corrected chi connectivity index (χ1v) is 6.85. The summed E-state index contributed by atoms with van der Waals surface area (Å²) >= 11 is 0. The number of rotatable bonds is 9. The van der Waals surface area contributed by atoms with E-state index in [0.29, 0.717) is 19.4 Å². The highest BCUT2D eigenvalue weighted by Crippen LogP contribution is 2.01. The van der Waals surface area contributed by atoms with Gasteiger partial charge in [0.15, 0.2) is 5.76 Å². The van der Waals surface area contributed by atoms with Gasteiger partial charge in [-0.2, -0.15) is 0 Å². The normalized spacial score (nSPS) is 11.7. The van der Waals surface area contributed by atoms with Gasteiger partial charge in [0.1, 0.15) is 0 Å². The average molecular weight is 296 g/mol. The summed E-state index contributed by atoms with van der Waals surface area (Å²) in [5.74, 6) is -1.79. The quantitative estimate of drug-likeness (QED) is 0.589. The zero-order valence-electron chi connectivity index (χ0n) is 11.9. The van der Waals surface area contributed by atoms with Gasteiger partial charge in [0.2, 0.25) is 5.91 Å². The molecule has 1 aromatic rings. The van der Waals surface area contributed by atoms with E-state index in [2.05, 4.69) is 10.6 Å². The summed E-state index contributed by atoms with van der Waals surface area (Å²) in [6.45, 7) is 2.24. The second kappa shape index (κ2) is 8.78. The molecule has 3 N–H and O–H groups in total. The van der Waals surface area contributed by atoms with Crippen LogP contribution >= 0.6 is 0 Å². The van der Waals surface area contributed by atoms with Crippen LogP contribution in [0.15, 0.2) is 22.8 Å². The largest absolute Gasteiger partial charge is 0.481 e. The van der Waals surface area contributed by atoms with Crippen molar-refractivity contribution in [3.8, 4) is 0 Å². The highest BCUT2D eigenvalue weighted by atomic mass is 16.4. The van der Waals surface area contributed by atoms with Crippen LogP contribution in [0, 0.1) is 5.92 Å². The molecule has 21 heavy (non-hydrogen) atoms. The molecule has 1 aromatic heterocycles. The van der Waals surface area contributed by atoms with Crippen LogP contribution in [0.5, 0.6) is 0 Å². The van der Waals surface area contributed by atoms with E-state index in [1.54, 1.807) is 19.1 Å². The smallest absolute Gasteiger partial charge is 0.308 e. The Bertz CT molecular complexity index is 470. The molecule has 0 saturated heterocycles. The highest BCUT2D eigenvalue weighted by molar-refractivity contribution is 5.91. The number of carbonyl (C=O) groups excluding carboxylic acids is 2. The molecule has 2 amide bonds. The van der Waals surface area contributed by atoms with Gasteiger partial charge in [0, 0.05) is 19.5 Å². The third-order valence-corrected chi connectivity index (χ3v) is 3.00. The third kappa shape index (κ3) is 6.11. The first-order valence-electron chi connectivity index (χ1n) is 6.85. The summed E-state index contributed by atoms with van der Waals surface area (Å²) < 4.78 is 4.93. The van der Waals surface area contributed by atoms with Crippen LogP contribution in [0.25, 0.3) is 0 Å². The van der Waals surface area contributed by atoms with Crippen molar-refractivity contribution in [2.45, 2.75) is 26.2 Å². The highest BCUT2D eigenvalue weighted by Gasteiger charge is 2.15. The average Bonchev–Trinajstić information content (AvgIpc) is 2.97. The molecular weight excluding hydrogens is 276 g/mol. The van der Waals surface area contributed by atoms with Crippen molar-refractivity contribution in [3.05, 3.63) is 24.2 Å². The van der Waals surface area contributed by atoms with Crippen LogP contribution in [0.4, 0.5) is 0 Å². The Labute approximate surface area is 122 Å². The maximum Gasteiger partial charge on any atom is 0.308 e. The Balaban J connectivity index is 2.13. The van der Waals surface area contributed by atoms with Crippen molar-refractivity contribution >= 4 is 17.8 Å². The first kappa shape index (κ1) is 16.7. The van der Waals surface area contributed by atoms with Gasteiger partial charge in [-0.05, 0) is 25.0 Å². The number of hydrogen-bond acceptors (Lipinski definition) is 4. The van der Waals surface area contributed by atoms with Gasteiger partial charge in [-0.25, -0.2) is 0 Å². The fourth-order valence-corrected chi connectivity index (χ4v) is 1.68. The van der Waals surface area contributed by atoms with Crippen molar-refractivity contribution in [1.82, 2.24) is 10.6 Å². The number of aliphatic carboxylic acids is 1. The van der Waals surface area contributed by atoms with Gasteiger partial charge in [0.05, 0.1) is 12.2 Å². The minimum Gasteiger partial charge on any atom is -0.481 e. The van der Waals surface area contributed by atoms with Crippen molar-refractivity contribution in [2.75, 3.05) is 13.1 Å². The van der Waals surface area contributed by atoms with Crippen molar-refractivity contribution in [2.24, 2.45) is 5.92 Å². The number of amides is 2. The molecule has 1 atom stereocenters. The van der Waals surface area contributed by atoms with E-state index in [1.165, 1.54) is 6.26 Å². The van der Waals surface area contributed by atoms with Gasteiger partial charge in [0.25, 0.3) is 5.91 Å². The van der Waals surface area contributed by atoms with Gasteiger partial charge in [-0.3, -0.25) is 14.4 Å². The molecule has 0 radical (unpaired) electrons. The molecule has 0 aliphatic rings. The lowest BCUT2D eigenvalue weighted by Gasteiger charge is -2.11. The van der Waals surface area contributed by atoms with Gasteiger partial charge in [-0.1, -0.05) is 6.92 Å². The topological polar surface area (TPSA) is 109 Å². The fraction of sp³-hybridized carbons (Fsp3) is 0.500. The molecule has 0 fully saturated rings. The molecule has 0 spiro atoms. The zero-order valence-corrected chi connectivity index (χ0v) is 11.9. The minimum atomic E-state index is -0.913. The van der Waals surface area contributed by atoms with Gasteiger partial charge < -0.3 is 20.2 Å². The standard InChI is InChI=1S/C14H20N2O5/c1-2-10(14(19)20)9-16-12(17)6-3-7-15-13(18)11-5-4-8-21-11/h4-5,8,10H,2-3,6-7,9H2,1H3,(H,15,18)(H,16,17)(H,19,20). The number of hydrogen-bond donors (Lipinski definition) is 3. The Hall–Kier alpha value is -2.31. The van der Waals surface area contributed by atoms with E-state index in [1.807, 2.05) is 0 Å². The Morgan fingerprint density at radius 1 is 1.33 bits per heavy atom. The summed E-state index contributed by atoms with van der Waals surface area (Å²) in [6, 6.07) is 3.17. The molecule has 0 aromatic carbocycles. The Kier molecular flexibility index (Phi) is 7.00. The lowest BCUT2D eigenvalue weighted by atomic mass is 10.1. The van der Waals surface area contributed by atoms with Crippen molar-refractivity contribution in [1.29, 1.82) is 0 Å². The zero-order chi connectivity index (χ0) is 15.7. The number of carbonyl (C=O) groups is 3. The van der Waals surface area contributed by atoms with Crippen LogP contribution in [-0.4, -0.2) is 36.0 Å². The fourth-order valence-electron chi connectivity index (χ4n) is 1.68. The second-order valence-corrected chi connectivity index (χ2v) is 4.58. The van der Waals surface area contributed by atoms with Crippen molar-refractivity contribution < 1.29 is 23.9 Å². The van der Waals surface area contributed by atoms with Crippen LogP contribution < -0.4 is 10.6 Å². The van der Waals surface area contributed by atoms with Gasteiger partial charge in [-0.15, -0.1) is 0 Å². The van der Waals surface area contributed by atoms with Crippen LogP contribution in [0.2, 0.25) is 0 Å². The van der Waals surface area contributed by atoms with E-state index in [0.717, 1.165) is 0 Å². The number of carboxylic acids is 1. The third-order valence-electron chi connectivity index (χ3n) is 3.00. The molecule has 1 unspecified atom stereocenters. The molecule has 7 heteroatoms. The van der Waals surface area contributed by atoms with Crippen LogP contribution in [0.3, 0.4) is 0 Å². The first-order chi connectivity index (χ1) is 10.0. The van der Waals surface area contributed by atoms with E-state index >= 15 is 0 Å². The van der Waals surface area contributed by atoms with E-state index < -0.39 is 11.9 Å².